The molecule has 2 heterocycles. The van der Waals surface area contributed by atoms with Crippen LogP contribution in [0.25, 0.3) is 10.7 Å². The minimum atomic E-state index is 0.499. The van der Waals surface area contributed by atoms with Crippen LogP contribution in [0, 0.1) is 6.92 Å². The zero-order chi connectivity index (χ0) is 16.2. The van der Waals surface area contributed by atoms with Gasteiger partial charge in [0.2, 0.25) is 5.95 Å². The maximum absolute atomic E-state index is 5.92. The minimum Gasteiger partial charge on any atom is -0.399 e. The van der Waals surface area contributed by atoms with Gasteiger partial charge in [0.1, 0.15) is 10.7 Å². The summed E-state index contributed by atoms with van der Waals surface area (Å²) in [5.41, 5.74) is 9.19. The number of aromatic nitrogens is 3. The van der Waals surface area contributed by atoms with Crippen molar-refractivity contribution in [3.8, 4) is 10.7 Å². The minimum absolute atomic E-state index is 0.499. The molecule has 0 spiro atoms. The fourth-order valence-electron chi connectivity index (χ4n) is 2.18. The SMILES string of the molecule is COCc1cc(N)cc(Nc2nccc(-c3ncc(C)s3)n2)c1. The van der Waals surface area contributed by atoms with E-state index in [-0.39, 0.29) is 0 Å². The summed E-state index contributed by atoms with van der Waals surface area (Å²) < 4.78 is 5.15. The number of nitrogen functional groups attached to an aromatic ring is 1. The van der Waals surface area contributed by atoms with E-state index in [1.807, 2.05) is 37.4 Å². The van der Waals surface area contributed by atoms with Crippen molar-refractivity contribution < 1.29 is 4.74 Å². The molecule has 0 saturated heterocycles. The van der Waals surface area contributed by atoms with Crippen molar-refractivity contribution in [3.05, 3.63) is 47.1 Å². The van der Waals surface area contributed by atoms with Crippen LogP contribution in [0.3, 0.4) is 0 Å². The molecular weight excluding hydrogens is 310 g/mol. The number of nitrogens with zero attached hydrogens (tertiary/aromatic N) is 3. The molecule has 0 aliphatic heterocycles. The number of hydrogen-bond acceptors (Lipinski definition) is 7. The van der Waals surface area contributed by atoms with Crippen LogP contribution in [0.15, 0.2) is 36.7 Å². The zero-order valence-corrected chi connectivity index (χ0v) is 13.7. The number of benzene rings is 1. The van der Waals surface area contributed by atoms with Crippen molar-refractivity contribution in [3.63, 3.8) is 0 Å². The molecule has 3 rings (SSSR count). The first-order valence-electron chi connectivity index (χ1n) is 7.05. The topological polar surface area (TPSA) is 86.0 Å². The molecule has 0 aliphatic rings. The predicted octanol–water partition coefficient (Wildman–Crippen LogP) is 3.38. The molecule has 2 aromatic heterocycles. The molecule has 3 N–H and O–H groups in total. The summed E-state index contributed by atoms with van der Waals surface area (Å²) in [4.78, 5) is 14.3. The second kappa shape index (κ2) is 6.72. The first-order valence-corrected chi connectivity index (χ1v) is 7.87. The number of anilines is 3. The lowest BCUT2D eigenvalue weighted by Crippen LogP contribution is -2.00. The van der Waals surface area contributed by atoms with Gasteiger partial charge in [-0.25, -0.2) is 15.0 Å². The highest BCUT2D eigenvalue weighted by Crippen LogP contribution is 2.25. The highest BCUT2D eigenvalue weighted by Gasteiger charge is 2.07. The molecule has 6 nitrogen and oxygen atoms in total. The first-order chi connectivity index (χ1) is 11.1. The molecule has 7 heteroatoms. The number of nitrogens with one attached hydrogen (secondary N) is 1. The monoisotopic (exact) mass is 327 g/mol. The van der Waals surface area contributed by atoms with Crippen LogP contribution in [0.5, 0.6) is 0 Å². The van der Waals surface area contributed by atoms with Gasteiger partial charge in [0.15, 0.2) is 0 Å². The van der Waals surface area contributed by atoms with E-state index < -0.39 is 0 Å². The molecule has 0 fully saturated rings. The Morgan fingerprint density at radius 3 is 2.87 bits per heavy atom. The van der Waals surface area contributed by atoms with Crippen LogP contribution in [0.2, 0.25) is 0 Å². The van der Waals surface area contributed by atoms with Crippen molar-refractivity contribution in [2.75, 3.05) is 18.2 Å². The fourth-order valence-corrected chi connectivity index (χ4v) is 2.91. The van der Waals surface area contributed by atoms with Gasteiger partial charge in [-0.3, -0.25) is 0 Å². The van der Waals surface area contributed by atoms with Crippen molar-refractivity contribution >= 4 is 28.7 Å². The number of ether oxygens (including phenoxy) is 1. The number of thiazole rings is 1. The van der Waals surface area contributed by atoms with Crippen LogP contribution in [0.1, 0.15) is 10.4 Å². The number of methoxy groups -OCH3 is 1. The third-order valence-electron chi connectivity index (χ3n) is 3.08. The van der Waals surface area contributed by atoms with Gasteiger partial charge in [0, 0.05) is 35.8 Å². The molecule has 1 aromatic carbocycles. The summed E-state index contributed by atoms with van der Waals surface area (Å²) in [7, 11) is 1.65. The lowest BCUT2D eigenvalue weighted by atomic mass is 10.2. The third-order valence-corrected chi connectivity index (χ3v) is 4.01. The lowest BCUT2D eigenvalue weighted by molar-refractivity contribution is 0.185. The van der Waals surface area contributed by atoms with Gasteiger partial charge in [-0.05, 0) is 36.8 Å². The Labute approximate surface area is 138 Å². The number of aryl methyl sites for hydroxylation is 1. The van der Waals surface area contributed by atoms with E-state index in [1.54, 1.807) is 24.6 Å². The van der Waals surface area contributed by atoms with Crippen molar-refractivity contribution in [2.24, 2.45) is 0 Å². The Balaban J connectivity index is 1.86. The normalized spacial score (nSPS) is 10.7. The highest BCUT2D eigenvalue weighted by molar-refractivity contribution is 7.14. The molecule has 0 saturated carbocycles. The quantitative estimate of drug-likeness (QED) is 0.699. The van der Waals surface area contributed by atoms with E-state index in [2.05, 4.69) is 20.3 Å². The third kappa shape index (κ3) is 3.82. The molecule has 23 heavy (non-hydrogen) atoms. The van der Waals surface area contributed by atoms with Gasteiger partial charge in [0.25, 0.3) is 0 Å². The van der Waals surface area contributed by atoms with E-state index in [9.17, 15) is 0 Å². The maximum Gasteiger partial charge on any atom is 0.227 e. The lowest BCUT2D eigenvalue weighted by Gasteiger charge is -2.09. The van der Waals surface area contributed by atoms with Gasteiger partial charge in [-0.1, -0.05) is 0 Å². The second-order valence-electron chi connectivity index (χ2n) is 5.06. The van der Waals surface area contributed by atoms with Gasteiger partial charge in [-0.15, -0.1) is 11.3 Å². The van der Waals surface area contributed by atoms with Crippen LogP contribution in [0.4, 0.5) is 17.3 Å². The Bertz CT molecular complexity index is 818. The van der Waals surface area contributed by atoms with Gasteiger partial charge < -0.3 is 15.8 Å². The van der Waals surface area contributed by atoms with E-state index in [0.29, 0.717) is 18.2 Å². The summed E-state index contributed by atoms with van der Waals surface area (Å²) >= 11 is 1.60. The van der Waals surface area contributed by atoms with Gasteiger partial charge >= 0.3 is 0 Å². The van der Waals surface area contributed by atoms with E-state index >= 15 is 0 Å². The molecule has 3 aromatic rings. The summed E-state index contributed by atoms with van der Waals surface area (Å²) in [6.45, 7) is 2.52. The smallest absolute Gasteiger partial charge is 0.227 e. The van der Waals surface area contributed by atoms with Crippen molar-refractivity contribution in [1.29, 1.82) is 0 Å². The Kier molecular flexibility index (Phi) is 4.50. The average Bonchev–Trinajstić information content (AvgIpc) is 2.94. The molecule has 0 atom stereocenters. The summed E-state index contributed by atoms with van der Waals surface area (Å²) in [5.74, 6) is 0.504. The van der Waals surface area contributed by atoms with Crippen LogP contribution < -0.4 is 11.1 Å². The molecule has 0 radical (unpaired) electrons. The molecule has 0 aliphatic carbocycles. The van der Waals surface area contributed by atoms with E-state index in [4.69, 9.17) is 10.5 Å². The zero-order valence-electron chi connectivity index (χ0n) is 12.9. The Morgan fingerprint density at radius 1 is 1.26 bits per heavy atom. The standard InChI is InChI=1S/C16H17N5OS/c1-10-8-19-15(23-10)14-3-4-18-16(21-14)20-13-6-11(9-22-2)5-12(17)7-13/h3-8H,9,17H2,1-2H3,(H,18,20,21). The number of rotatable bonds is 5. The molecule has 0 bridgehead atoms. The number of hydrogen-bond donors (Lipinski definition) is 2. The molecule has 0 unspecified atom stereocenters. The van der Waals surface area contributed by atoms with Gasteiger partial charge in [0.05, 0.1) is 6.61 Å². The van der Waals surface area contributed by atoms with E-state index in [0.717, 1.165) is 26.8 Å². The van der Waals surface area contributed by atoms with Gasteiger partial charge in [-0.2, -0.15) is 0 Å². The first kappa shape index (κ1) is 15.4. The summed E-state index contributed by atoms with van der Waals surface area (Å²) in [6.07, 6.45) is 3.55. The molecule has 118 valence electrons. The Morgan fingerprint density at radius 2 is 2.13 bits per heavy atom. The van der Waals surface area contributed by atoms with Crippen molar-refractivity contribution in [2.45, 2.75) is 13.5 Å². The van der Waals surface area contributed by atoms with Crippen LogP contribution in [-0.2, 0) is 11.3 Å². The highest BCUT2D eigenvalue weighted by atomic mass is 32.1. The Hall–Kier alpha value is -2.51. The van der Waals surface area contributed by atoms with Crippen LogP contribution >= 0.6 is 11.3 Å². The molecule has 0 amide bonds. The van der Waals surface area contributed by atoms with Crippen LogP contribution in [-0.4, -0.2) is 22.1 Å². The predicted molar refractivity (Wildman–Crippen MR) is 92.7 cm³/mol. The summed E-state index contributed by atoms with van der Waals surface area (Å²) in [6, 6.07) is 7.52. The maximum atomic E-state index is 5.92. The second-order valence-corrected chi connectivity index (χ2v) is 6.30. The fraction of sp³-hybridized carbons (Fsp3) is 0.188. The van der Waals surface area contributed by atoms with Crippen molar-refractivity contribution in [1.82, 2.24) is 15.0 Å². The summed E-state index contributed by atoms with van der Waals surface area (Å²) in [5, 5.41) is 4.06. The number of nitrogens with two attached hydrogens (primary N) is 1. The average molecular weight is 327 g/mol. The van der Waals surface area contributed by atoms with E-state index in [1.165, 1.54) is 0 Å². The molecular formula is C16H17N5OS. The largest absolute Gasteiger partial charge is 0.399 e.